The van der Waals surface area contributed by atoms with Crippen LogP contribution in [0, 0.1) is 6.92 Å². The number of carboxylic acids is 1. The first-order valence-electron chi connectivity index (χ1n) is 7.67. The number of carbonyl (C=O) groups is 2. The molecule has 25 heavy (non-hydrogen) atoms. The lowest BCUT2D eigenvalue weighted by Crippen LogP contribution is -2.19. The number of rotatable bonds is 7. The Labute approximate surface area is 145 Å². The topological polar surface area (TPSA) is 97.8 Å². The summed E-state index contributed by atoms with van der Waals surface area (Å²) in [6.07, 6.45) is 1.04. The molecule has 1 heterocycles. The Hall–Kier alpha value is -2.93. The van der Waals surface area contributed by atoms with Crippen LogP contribution in [0.4, 0.5) is 5.82 Å². The monoisotopic (exact) mass is 344 g/mol. The lowest BCUT2D eigenvalue weighted by atomic mass is 10.1. The number of methoxy groups -OCH3 is 1. The number of nitrogens with one attached hydrogen (secondary N) is 1. The van der Waals surface area contributed by atoms with E-state index in [4.69, 9.17) is 14.6 Å². The van der Waals surface area contributed by atoms with E-state index in [0.717, 1.165) is 5.56 Å². The van der Waals surface area contributed by atoms with E-state index in [1.807, 2.05) is 19.9 Å². The Morgan fingerprint density at radius 3 is 2.60 bits per heavy atom. The first-order chi connectivity index (χ1) is 11.9. The van der Waals surface area contributed by atoms with Gasteiger partial charge in [-0.2, -0.15) is 0 Å². The molecule has 1 aromatic heterocycles. The van der Waals surface area contributed by atoms with Crippen molar-refractivity contribution in [2.75, 3.05) is 19.0 Å². The average Bonchev–Trinajstić information content (AvgIpc) is 2.55. The number of aromatic nitrogens is 1. The molecule has 0 saturated carbocycles. The second-order valence-corrected chi connectivity index (χ2v) is 5.61. The SMILES string of the molecule is COCC(C)Oc1cc(C)cc(C(=O)Nc2ccc(C(=O)O)cn2)c1. The highest BCUT2D eigenvalue weighted by Gasteiger charge is 2.12. The van der Waals surface area contributed by atoms with E-state index < -0.39 is 5.97 Å². The van der Waals surface area contributed by atoms with Gasteiger partial charge in [0.15, 0.2) is 0 Å². The van der Waals surface area contributed by atoms with Crippen LogP contribution in [0.2, 0.25) is 0 Å². The van der Waals surface area contributed by atoms with E-state index >= 15 is 0 Å². The smallest absolute Gasteiger partial charge is 0.337 e. The molecule has 0 spiro atoms. The van der Waals surface area contributed by atoms with Gasteiger partial charge >= 0.3 is 5.97 Å². The van der Waals surface area contributed by atoms with E-state index in [1.54, 1.807) is 19.2 Å². The second kappa shape index (κ2) is 8.25. The van der Waals surface area contributed by atoms with Crippen LogP contribution in [0.1, 0.15) is 33.2 Å². The molecule has 1 aromatic carbocycles. The molecule has 0 radical (unpaired) electrons. The molecule has 0 aliphatic carbocycles. The van der Waals surface area contributed by atoms with Gasteiger partial charge < -0.3 is 19.9 Å². The predicted molar refractivity (Wildman–Crippen MR) is 92.3 cm³/mol. The van der Waals surface area contributed by atoms with Gasteiger partial charge in [0.2, 0.25) is 0 Å². The molecular formula is C18H20N2O5. The first kappa shape index (κ1) is 18.4. The summed E-state index contributed by atoms with van der Waals surface area (Å²) < 4.78 is 10.8. The Morgan fingerprint density at radius 2 is 2.00 bits per heavy atom. The quantitative estimate of drug-likeness (QED) is 0.801. The molecule has 1 unspecified atom stereocenters. The highest BCUT2D eigenvalue weighted by atomic mass is 16.5. The van der Waals surface area contributed by atoms with Crippen molar-refractivity contribution < 1.29 is 24.2 Å². The number of ether oxygens (including phenoxy) is 2. The van der Waals surface area contributed by atoms with Crippen LogP contribution >= 0.6 is 0 Å². The third kappa shape index (κ3) is 5.29. The van der Waals surface area contributed by atoms with Gasteiger partial charge in [0.1, 0.15) is 17.7 Å². The standard InChI is InChI=1S/C18H20N2O5/c1-11-6-14(8-15(7-11)25-12(2)10-24-3)17(21)20-16-5-4-13(9-19-16)18(22)23/h4-9,12H,10H2,1-3H3,(H,22,23)(H,19,20,21). The van der Waals surface area contributed by atoms with Gasteiger partial charge in [-0.1, -0.05) is 0 Å². The summed E-state index contributed by atoms with van der Waals surface area (Å²) in [7, 11) is 1.59. The number of hydrogen-bond acceptors (Lipinski definition) is 5. The van der Waals surface area contributed by atoms with Crippen molar-refractivity contribution in [1.82, 2.24) is 4.98 Å². The highest BCUT2D eigenvalue weighted by molar-refractivity contribution is 6.04. The minimum absolute atomic E-state index is 0.0522. The van der Waals surface area contributed by atoms with Crippen LogP contribution in [0.15, 0.2) is 36.5 Å². The number of aromatic carboxylic acids is 1. The molecular weight excluding hydrogens is 324 g/mol. The molecule has 0 fully saturated rings. The van der Waals surface area contributed by atoms with Gasteiger partial charge in [-0.05, 0) is 49.7 Å². The third-order valence-corrected chi connectivity index (χ3v) is 3.30. The maximum absolute atomic E-state index is 12.4. The van der Waals surface area contributed by atoms with E-state index in [0.29, 0.717) is 17.9 Å². The van der Waals surface area contributed by atoms with Gasteiger partial charge in [0, 0.05) is 18.9 Å². The van der Waals surface area contributed by atoms with Gasteiger partial charge in [-0.3, -0.25) is 4.79 Å². The molecule has 0 aliphatic rings. The number of pyridine rings is 1. The first-order valence-corrected chi connectivity index (χ1v) is 7.67. The summed E-state index contributed by atoms with van der Waals surface area (Å²) in [6.45, 7) is 4.18. The zero-order valence-electron chi connectivity index (χ0n) is 14.3. The van der Waals surface area contributed by atoms with Crippen molar-refractivity contribution in [3.8, 4) is 5.75 Å². The molecule has 2 aromatic rings. The van der Waals surface area contributed by atoms with Crippen LogP contribution in [0.25, 0.3) is 0 Å². The third-order valence-electron chi connectivity index (χ3n) is 3.30. The number of aryl methyl sites for hydroxylation is 1. The molecule has 0 bridgehead atoms. The zero-order chi connectivity index (χ0) is 18.4. The fourth-order valence-electron chi connectivity index (χ4n) is 2.23. The van der Waals surface area contributed by atoms with Crippen molar-refractivity contribution >= 4 is 17.7 Å². The summed E-state index contributed by atoms with van der Waals surface area (Å²) in [6, 6.07) is 8.02. The van der Waals surface area contributed by atoms with Crippen LogP contribution in [0.3, 0.4) is 0 Å². The molecule has 7 nitrogen and oxygen atoms in total. The summed E-state index contributed by atoms with van der Waals surface area (Å²) in [5.41, 5.74) is 1.35. The number of amides is 1. The normalized spacial score (nSPS) is 11.6. The highest BCUT2D eigenvalue weighted by Crippen LogP contribution is 2.19. The number of nitrogens with zero attached hydrogens (tertiary/aromatic N) is 1. The summed E-state index contributed by atoms with van der Waals surface area (Å²) >= 11 is 0. The molecule has 0 aliphatic heterocycles. The summed E-state index contributed by atoms with van der Waals surface area (Å²) in [5.74, 6) is -0.588. The van der Waals surface area contributed by atoms with E-state index in [2.05, 4.69) is 10.3 Å². The van der Waals surface area contributed by atoms with Crippen molar-refractivity contribution in [3.05, 3.63) is 53.2 Å². The average molecular weight is 344 g/mol. The molecule has 7 heteroatoms. The van der Waals surface area contributed by atoms with Crippen molar-refractivity contribution in [2.45, 2.75) is 20.0 Å². The van der Waals surface area contributed by atoms with Gasteiger partial charge in [-0.15, -0.1) is 0 Å². The molecule has 2 N–H and O–H groups in total. The predicted octanol–water partition coefficient (Wildman–Crippen LogP) is 2.75. The van der Waals surface area contributed by atoms with Gasteiger partial charge in [-0.25, -0.2) is 9.78 Å². The Morgan fingerprint density at radius 1 is 1.24 bits per heavy atom. The van der Waals surface area contributed by atoms with Crippen molar-refractivity contribution in [1.29, 1.82) is 0 Å². The lowest BCUT2D eigenvalue weighted by molar-refractivity contribution is 0.0696. The number of benzene rings is 1. The second-order valence-electron chi connectivity index (χ2n) is 5.61. The molecule has 1 amide bonds. The van der Waals surface area contributed by atoms with Crippen molar-refractivity contribution in [2.24, 2.45) is 0 Å². The Bertz CT molecular complexity index is 759. The van der Waals surface area contributed by atoms with Crippen LogP contribution < -0.4 is 10.1 Å². The maximum atomic E-state index is 12.4. The fraction of sp³-hybridized carbons (Fsp3) is 0.278. The minimum atomic E-state index is -1.07. The largest absolute Gasteiger partial charge is 0.488 e. The van der Waals surface area contributed by atoms with E-state index in [-0.39, 0.29) is 23.4 Å². The van der Waals surface area contributed by atoms with Crippen LogP contribution in [-0.2, 0) is 4.74 Å². The fourth-order valence-corrected chi connectivity index (χ4v) is 2.23. The number of carboxylic acid groups (broad SMARTS) is 1. The summed E-state index contributed by atoms with van der Waals surface area (Å²) in [5, 5.41) is 11.5. The van der Waals surface area contributed by atoms with Gasteiger partial charge in [0.25, 0.3) is 5.91 Å². The van der Waals surface area contributed by atoms with Crippen molar-refractivity contribution in [3.63, 3.8) is 0 Å². The molecule has 0 saturated heterocycles. The van der Waals surface area contributed by atoms with Crippen LogP contribution in [0.5, 0.6) is 5.75 Å². The van der Waals surface area contributed by atoms with Crippen LogP contribution in [-0.4, -0.2) is 41.8 Å². The van der Waals surface area contributed by atoms with E-state index in [9.17, 15) is 9.59 Å². The molecule has 132 valence electrons. The minimum Gasteiger partial charge on any atom is -0.488 e. The molecule has 2 rings (SSSR count). The molecule has 1 atom stereocenters. The number of hydrogen-bond donors (Lipinski definition) is 2. The number of carbonyl (C=O) groups excluding carboxylic acids is 1. The lowest BCUT2D eigenvalue weighted by Gasteiger charge is -2.15. The number of anilines is 1. The van der Waals surface area contributed by atoms with E-state index in [1.165, 1.54) is 18.3 Å². The summed E-state index contributed by atoms with van der Waals surface area (Å²) in [4.78, 5) is 27.1. The maximum Gasteiger partial charge on any atom is 0.337 e. The zero-order valence-corrected chi connectivity index (χ0v) is 14.3. The van der Waals surface area contributed by atoms with Gasteiger partial charge in [0.05, 0.1) is 12.2 Å². The Kier molecular flexibility index (Phi) is 6.08. The Balaban J connectivity index is 2.12.